The molecule has 0 amide bonds. The number of rotatable bonds is 4. The highest BCUT2D eigenvalue weighted by atomic mass is 14.9. The second-order valence-electron chi connectivity index (χ2n) is 11.4. The molecule has 4 aromatic carbocycles. The molecule has 0 spiro atoms. The Bertz CT molecular complexity index is 1640. The molecular weight excluding hydrogens is 457 g/mol. The summed E-state index contributed by atoms with van der Waals surface area (Å²) in [7, 11) is 0. The third-order valence-electron chi connectivity index (χ3n) is 9.21. The van der Waals surface area contributed by atoms with Gasteiger partial charge in [-0.3, -0.25) is 0 Å². The summed E-state index contributed by atoms with van der Waals surface area (Å²) in [5.41, 5.74) is 9.90. The van der Waals surface area contributed by atoms with Gasteiger partial charge in [0.05, 0.1) is 0 Å². The van der Waals surface area contributed by atoms with E-state index in [1.165, 1.54) is 76.1 Å². The predicted octanol–water partition coefficient (Wildman–Crippen LogP) is 7.09. The van der Waals surface area contributed by atoms with Crippen LogP contribution in [0.4, 0.5) is 0 Å². The number of benzene rings is 4. The first-order valence-corrected chi connectivity index (χ1v) is 14.3. The molecule has 1 saturated carbocycles. The lowest BCUT2D eigenvalue weighted by molar-refractivity contribution is -0.539. The quantitative estimate of drug-likeness (QED) is 0.237. The number of pyridine rings is 1. The van der Waals surface area contributed by atoms with Crippen molar-refractivity contribution in [2.24, 2.45) is 5.92 Å². The summed E-state index contributed by atoms with van der Waals surface area (Å²) in [5.74, 6) is 0.580. The van der Waals surface area contributed by atoms with Crippen LogP contribution in [0.25, 0.3) is 21.8 Å². The van der Waals surface area contributed by atoms with E-state index in [9.17, 15) is 0 Å². The minimum Gasteiger partial charge on any atom is -0.408 e. The number of allylic oxidation sites excluding steroid dienone is 1. The summed E-state index contributed by atoms with van der Waals surface area (Å²) in [6.45, 7) is 2.19. The van der Waals surface area contributed by atoms with Gasteiger partial charge in [-0.25, -0.2) is 0 Å². The zero-order valence-electron chi connectivity index (χ0n) is 22.2. The Morgan fingerprint density at radius 2 is 1.32 bits per heavy atom. The molecule has 0 N–H and O–H groups in total. The summed E-state index contributed by atoms with van der Waals surface area (Å²) >= 11 is 0. The first kappa shape index (κ1) is 23.2. The molecule has 186 valence electrons. The van der Waals surface area contributed by atoms with Crippen LogP contribution in [0.2, 0.25) is 0 Å². The lowest BCUT2D eigenvalue weighted by Gasteiger charge is -2.36. The molecular formula is C36H34BN. The number of nitrogens with zero attached hydrogens (tertiary/aromatic N) is 1. The molecule has 1 nitrogen and oxygen atoms in total. The van der Waals surface area contributed by atoms with Crippen molar-refractivity contribution in [1.29, 1.82) is 0 Å². The molecule has 38 heavy (non-hydrogen) atoms. The zero-order valence-corrected chi connectivity index (χ0v) is 22.2. The molecule has 0 radical (unpaired) electrons. The van der Waals surface area contributed by atoms with E-state index in [-0.39, 0.29) is 0 Å². The van der Waals surface area contributed by atoms with Crippen LogP contribution in [0.5, 0.6) is 0 Å². The van der Waals surface area contributed by atoms with Crippen molar-refractivity contribution in [3.63, 3.8) is 0 Å². The van der Waals surface area contributed by atoms with Crippen molar-refractivity contribution in [2.75, 3.05) is 0 Å². The second kappa shape index (κ2) is 9.44. The fourth-order valence-corrected chi connectivity index (χ4v) is 7.52. The van der Waals surface area contributed by atoms with E-state index in [1.807, 2.05) is 0 Å². The van der Waals surface area contributed by atoms with Crippen LogP contribution >= 0.6 is 0 Å². The van der Waals surface area contributed by atoms with Gasteiger partial charge in [0.2, 0.25) is 0 Å². The molecule has 1 unspecified atom stereocenters. The Balaban J connectivity index is 1.64. The standard InChI is InChI=1S/C36H34BN/c1-27-19-23-33(24-20-27)37(32-16-6-3-7-17-32)36(31-22-21-28-12-8-9-15-30(28)26-31)35(29-13-4-2-5-14-29)34-18-10-11-25-38(34)37/h3,6-12,15-26,29H,2,4-5,13-14H2,1H3. The smallest absolute Gasteiger partial charge is 0.361 e. The highest BCUT2D eigenvalue weighted by Gasteiger charge is 2.52. The van der Waals surface area contributed by atoms with Crippen molar-refractivity contribution in [2.45, 2.75) is 39.0 Å². The van der Waals surface area contributed by atoms with E-state index < -0.39 is 6.28 Å². The van der Waals surface area contributed by atoms with E-state index in [2.05, 4.69) is 133 Å². The lowest BCUT2D eigenvalue weighted by Crippen LogP contribution is -2.78. The van der Waals surface area contributed by atoms with Crippen molar-refractivity contribution in [3.8, 4) is 0 Å². The van der Waals surface area contributed by atoms with E-state index in [4.69, 9.17) is 0 Å². The molecule has 0 saturated heterocycles. The number of aromatic nitrogens is 1. The number of fused-ring (bicyclic) bond motifs is 2. The molecule has 2 heterocycles. The van der Waals surface area contributed by atoms with Gasteiger partial charge in [0.25, 0.3) is 0 Å². The Morgan fingerprint density at radius 3 is 2.11 bits per heavy atom. The van der Waals surface area contributed by atoms with Gasteiger partial charge in [-0.05, 0) is 54.2 Å². The minimum atomic E-state index is -1.43. The maximum Gasteiger partial charge on any atom is 0.361 e. The third kappa shape index (κ3) is 3.58. The highest BCUT2D eigenvalue weighted by Crippen LogP contribution is 2.45. The Hall–Kier alpha value is -3.91. The van der Waals surface area contributed by atoms with E-state index in [0.29, 0.717) is 5.92 Å². The maximum atomic E-state index is 2.65. The van der Waals surface area contributed by atoms with Gasteiger partial charge in [0.15, 0.2) is 5.69 Å². The van der Waals surface area contributed by atoms with E-state index in [1.54, 1.807) is 5.57 Å². The maximum absolute atomic E-state index is 2.65. The van der Waals surface area contributed by atoms with Gasteiger partial charge < -0.3 is 4.48 Å². The molecule has 7 rings (SSSR count). The molecule has 1 fully saturated rings. The van der Waals surface area contributed by atoms with Crippen LogP contribution in [0.15, 0.2) is 121 Å². The van der Waals surface area contributed by atoms with Crippen LogP contribution in [-0.2, 0) is 0 Å². The SMILES string of the molecule is Cc1ccc([B-]2(c3ccccc3)C(c3ccc4ccccc4c3)=C(C3CCCCC3)c3cccc[n+]32)cc1. The van der Waals surface area contributed by atoms with Gasteiger partial charge in [0.1, 0.15) is 6.20 Å². The van der Waals surface area contributed by atoms with Crippen LogP contribution in [0.1, 0.15) is 48.9 Å². The molecule has 1 aromatic heterocycles. The monoisotopic (exact) mass is 491 g/mol. The molecule has 2 aliphatic rings. The van der Waals surface area contributed by atoms with E-state index >= 15 is 0 Å². The molecule has 5 aromatic rings. The lowest BCUT2D eigenvalue weighted by atomic mass is 9.23. The van der Waals surface area contributed by atoms with Crippen LogP contribution in [-0.4, -0.2) is 6.28 Å². The molecule has 0 bridgehead atoms. The van der Waals surface area contributed by atoms with Gasteiger partial charge in [-0.2, -0.15) is 0 Å². The first-order chi connectivity index (χ1) is 18.8. The summed E-state index contributed by atoms with van der Waals surface area (Å²) < 4.78 is 2.65. The van der Waals surface area contributed by atoms with Gasteiger partial charge in [0, 0.05) is 6.07 Å². The van der Waals surface area contributed by atoms with Crippen molar-refractivity contribution in [1.82, 2.24) is 0 Å². The van der Waals surface area contributed by atoms with Crippen molar-refractivity contribution >= 4 is 39.0 Å². The topological polar surface area (TPSA) is 3.88 Å². The summed E-state index contributed by atoms with van der Waals surface area (Å²) in [4.78, 5) is 0. The second-order valence-corrected chi connectivity index (χ2v) is 11.4. The Kier molecular flexibility index (Phi) is 5.77. The van der Waals surface area contributed by atoms with Crippen molar-refractivity contribution < 1.29 is 4.48 Å². The Labute approximate surface area is 226 Å². The Morgan fingerprint density at radius 1 is 0.632 bits per heavy atom. The largest absolute Gasteiger partial charge is 0.408 e. The van der Waals surface area contributed by atoms with Crippen LogP contribution < -0.4 is 15.4 Å². The van der Waals surface area contributed by atoms with Gasteiger partial charge >= 0.3 is 6.28 Å². The first-order valence-electron chi connectivity index (χ1n) is 14.3. The summed E-state index contributed by atoms with van der Waals surface area (Å²) in [5, 5.41) is 2.61. The average Bonchev–Trinajstić information content (AvgIpc) is 3.30. The van der Waals surface area contributed by atoms with Crippen molar-refractivity contribution in [3.05, 3.63) is 138 Å². The minimum absolute atomic E-state index is 0.580. The van der Waals surface area contributed by atoms with Crippen LogP contribution in [0, 0.1) is 12.8 Å². The fourth-order valence-electron chi connectivity index (χ4n) is 7.52. The van der Waals surface area contributed by atoms with Gasteiger partial charge in [-0.1, -0.05) is 127 Å². The fraction of sp³-hybridized carbons (Fsp3) is 0.194. The summed E-state index contributed by atoms with van der Waals surface area (Å²) in [6.07, 6.45) is 7.46. The number of aryl methyl sites for hydroxylation is 1. The zero-order chi connectivity index (χ0) is 25.5. The highest BCUT2D eigenvalue weighted by molar-refractivity contribution is 7.10. The molecule has 1 aliphatic heterocycles. The normalized spacial score (nSPS) is 19.6. The third-order valence-corrected chi connectivity index (χ3v) is 9.21. The predicted molar refractivity (Wildman–Crippen MR) is 162 cm³/mol. The van der Waals surface area contributed by atoms with E-state index in [0.717, 1.165) is 0 Å². The molecule has 2 heteroatoms. The van der Waals surface area contributed by atoms with Gasteiger partial charge in [-0.15, -0.1) is 16.4 Å². The van der Waals surface area contributed by atoms with Crippen LogP contribution in [0.3, 0.4) is 0 Å². The number of hydrogen-bond acceptors (Lipinski definition) is 0. The molecule has 1 aliphatic carbocycles. The summed E-state index contributed by atoms with van der Waals surface area (Å²) in [6, 6.07) is 43.4. The molecule has 1 atom stereocenters. The average molecular weight is 491 g/mol. The number of hydrogen-bond donors (Lipinski definition) is 0.